The lowest BCUT2D eigenvalue weighted by Gasteiger charge is -2.13. The zero-order chi connectivity index (χ0) is 16.7. The van der Waals surface area contributed by atoms with Gasteiger partial charge in [-0.1, -0.05) is 0 Å². The van der Waals surface area contributed by atoms with Crippen LogP contribution in [0.5, 0.6) is 0 Å². The second-order valence-corrected chi connectivity index (χ2v) is 6.50. The third-order valence-corrected chi connectivity index (χ3v) is 3.63. The Morgan fingerprint density at radius 1 is 1.05 bits per heavy atom. The fourth-order valence-corrected chi connectivity index (χ4v) is 2.46. The maximum Gasteiger partial charge on any atom is 0.321 e. The van der Waals surface area contributed by atoms with Crippen molar-refractivity contribution in [2.75, 3.05) is 5.32 Å². The summed E-state index contributed by atoms with van der Waals surface area (Å²) in [4.78, 5) is 35.2. The fourth-order valence-electron chi connectivity index (χ4n) is 1.59. The van der Waals surface area contributed by atoms with Crippen LogP contribution in [0.25, 0.3) is 0 Å². The summed E-state index contributed by atoms with van der Waals surface area (Å²) in [6, 6.07) is 6.63. The molecule has 6 nitrogen and oxygen atoms in total. The van der Waals surface area contributed by atoms with Crippen LogP contribution in [0.4, 0.5) is 10.5 Å². The Morgan fingerprint density at radius 3 is 2.14 bits per heavy atom. The normalized spacial score (nSPS) is 11.7. The average Bonchev–Trinajstić information content (AvgIpc) is 2.39. The van der Waals surface area contributed by atoms with Gasteiger partial charge in [-0.2, -0.15) is 0 Å². The monoisotopic (exact) mass is 323 g/mol. The Kier molecular flexibility index (Phi) is 6.91. The van der Waals surface area contributed by atoms with E-state index in [-0.39, 0.29) is 17.9 Å². The lowest BCUT2D eigenvalue weighted by molar-refractivity contribution is -0.119. The van der Waals surface area contributed by atoms with Gasteiger partial charge in [-0.25, -0.2) is 4.79 Å². The Morgan fingerprint density at radius 2 is 1.64 bits per heavy atom. The minimum atomic E-state index is -0.492. The zero-order valence-corrected chi connectivity index (χ0v) is 13.9. The van der Waals surface area contributed by atoms with Gasteiger partial charge in [0.15, 0.2) is 0 Å². The summed E-state index contributed by atoms with van der Waals surface area (Å²) < 4.78 is 0. The number of nitrogens with one attached hydrogen (secondary N) is 3. The van der Waals surface area contributed by atoms with E-state index in [2.05, 4.69) is 16.0 Å². The number of anilines is 1. The van der Waals surface area contributed by atoms with Gasteiger partial charge in [0.25, 0.3) is 0 Å². The molecule has 1 rings (SSSR count). The molecule has 4 amide bonds. The number of carbonyl (C=O) groups excluding carboxylic acids is 3. The molecule has 0 radical (unpaired) electrons. The fraction of sp³-hybridized carbons (Fsp3) is 0.400. The highest BCUT2D eigenvalue weighted by molar-refractivity contribution is 8.00. The van der Waals surface area contributed by atoms with Gasteiger partial charge in [-0.15, -0.1) is 11.8 Å². The maximum atomic E-state index is 11.9. The summed E-state index contributed by atoms with van der Waals surface area (Å²) in [6.07, 6.45) is 0. The van der Waals surface area contributed by atoms with E-state index in [1.807, 2.05) is 26.0 Å². The van der Waals surface area contributed by atoms with Gasteiger partial charge < -0.3 is 10.6 Å². The van der Waals surface area contributed by atoms with E-state index in [0.29, 0.717) is 5.69 Å². The highest BCUT2D eigenvalue weighted by Crippen LogP contribution is 2.24. The maximum absolute atomic E-state index is 11.9. The van der Waals surface area contributed by atoms with Gasteiger partial charge in [0, 0.05) is 23.5 Å². The van der Waals surface area contributed by atoms with Gasteiger partial charge >= 0.3 is 6.03 Å². The highest BCUT2D eigenvalue weighted by Gasteiger charge is 2.17. The lowest BCUT2D eigenvalue weighted by Crippen LogP contribution is -2.45. The predicted octanol–water partition coefficient (Wildman–Crippen LogP) is 2.36. The molecule has 0 aromatic heterocycles. The molecule has 0 spiro atoms. The van der Waals surface area contributed by atoms with Crippen molar-refractivity contribution < 1.29 is 14.4 Å². The van der Waals surface area contributed by atoms with E-state index in [4.69, 9.17) is 0 Å². The molecule has 0 heterocycles. The highest BCUT2D eigenvalue weighted by atomic mass is 32.2. The SMILES string of the molecule is CC(=O)Nc1ccc(S[C@@H](C)C(=O)NC(=O)NC(C)C)cc1. The summed E-state index contributed by atoms with van der Waals surface area (Å²) in [5.74, 6) is -0.488. The van der Waals surface area contributed by atoms with Crippen LogP contribution < -0.4 is 16.0 Å². The van der Waals surface area contributed by atoms with Crippen LogP contribution in [0.2, 0.25) is 0 Å². The number of hydrogen-bond acceptors (Lipinski definition) is 4. The third kappa shape index (κ3) is 6.62. The van der Waals surface area contributed by atoms with Crippen molar-refractivity contribution in [3.8, 4) is 0 Å². The molecule has 7 heteroatoms. The summed E-state index contributed by atoms with van der Waals surface area (Å²) in [5, 5.41) is 7.16. The van der Waals surface area contributed by atoms with Gasteiger partial charge in [0.05, 0.1) is 5.25 Å². The van der Waals surface area contributed by atoms with Gasteiger partial charge in [0.1, 0.15) is 0 Å². The minimum Gasteiger partial charge on any atom is -0.336 e. The molecule has 120 valence electrons. The van der Waals surface area contributed by atoms with Crippen molar-refractivity contribution in [2.45, 2.75) is 43.9 Å². The zero-order valence-electron chi connectivity index (χ0n) is 13.1. The number of hydrogen-bond donors (Lipinski definition) is 3. The topological polar surface area (TPSA) is 87.3 Å². The number of rotatable bonds is 5. The van der Waals surface area contributed by atoms with Crippen molar-refractivity contribution in [1.82, 2.24) is 10.6 Å². The summed E-state index contributed by atoms with van der Waals surface area (Å²) in [7, 11) is 0. The predicted molar refractivity (Wildman–Crippen MR) is 87.9 cm³/mol. The van der Waals surface area contributed by atoms with Gasteiger partial charge in [0.2, 0.25) is 11.8 Å². The second kappa shape index (κ2) is 8.43. The van der Waals surface area contributed by atoms with E-state index in [1.54, 1.807) is 19.1 Å². The number of urea groups is 1. The molecule has 1 aromatic rings. The van der Waals surface area contributed by atoms with Crippen molar-refractivity contribution in [1.29, 1.82) is 0 Å². The number of benzene rings is 1. The van der Waals surface area contributed by atoms with E-state index in [0.717, 1.165) is 4.90 Å². The quantitative estimate of drug-likeness (QED) is 0.726. The van der Waals surface area contributed by atoms with Crippen molar-refractivity contribution in [2.24, 2.45) is 0 Å². The molecule has 1 atom stereocenters. The van der Waals surface area contributed by atoms with Crippen LogP contribution in [0.3, 0.4) is 0 Å². The van der Waals surface area contributed by atoms with E-state index in [1.165, 1.54) is 18.7 Å². The minimum absolute atomic E-state index is 0.0305. The van der Waals surface area contributed by atoms with Crippen molar-refractivity contribution in [3.63, 3.8) is 0 Å². The van der Waals surface area contributed by atoms with Crippen LogP contribution in [-0.4, -0.2) is 29.1 Å². The molecule has 3 N–H and O–H groups in total. The molecular weight excluding hydrogens is 302 g/mol. The third-order valence-electron chi connectivity index (χ3n) is 2.51. The van der Waals surface area contributed by atoms with Crippen LogP contribution >= 0.6 is 11.8 Å². The second-order valence-electron chi connectivity index (χ2n) is 5.08. The Bertz CT molecular complexity index is 543. The molecule has 0 fully saturated rings. The Hall–Kier alpha value is -2.02. The molecular formula is C15H21N3O3S. The van der Waals surface area contributed by atoms with Crippen molar-refractivity contribution >= 4 is 35.3 Å². The molecule has 22 heavy (non-hydrogen) atoms. The van der Waals surface area contributed by atoms with Gasteiger partial charge in [-0.3, -0.25) is 14.9 Å². The van der Waals surface area contributed by atoms with Crippen LogP contribution in [0, 0.1) is 0 Å². The molecule has 1 aromatic carbocycles. The Balaban J connectivity index is 2.53. The number of thioether (sulfide) groups is 1. The molecule has 0 bridgehead atoms. The first kappa shape index (κ1) is 18.0. The number of imide groups is 1. The molecule has 0 saturated heterocycles. The summed E-state index contributed by atoms with van der Waals surface area (Å²) in [6.45, 7) is 6.80. The molecule has 0 aliphatic heterocycles. The average molecular weight is 323 g/mol. The van der Waals surface area contributed by atoms with E-state index < -0.39 is 11.3 Å². The smallest absolute Gasteiger partial charge is 0.321 e. The van der Waals surface area contributed by atoms with Crippen LogP contribution in [-0.2, 0) is 9.59 Å². The molecule has 0 saturated carbocycles. The largest absolute Gasteiger partial charge is 0.336 e. The molecule has 0 aliphatic carbocycles. The van der Waals surface area contributed by atoms with E-state index >= 15 is 0 Å². The number of carbonyl (C=O) groups is 3. The van der Waals surface area contributed by atoms with Crippen molar-refractivity contribution in [3.05, 3.63) is 24.3 Å². The first-order chi connectivity index (χ1) is 10.3. The van der Waals surface area contributed by atoms with Crippen LogP contribution in [0.1, 0.15) is 27.7 Å². The molecule has 0 aliphatic rings. The first-order valence-electron chi connectivity index (χ1n) is 6.93. The molecule has 0 unspecified atom stereocenters. The standard InChI is InChI=1S/C15H21N3O3S/c1-9(2)16-15(21)18-14(20)10(3)22-13-7-5-12(6-8-13)17-11(4)19/h5-10H,1-4H3,(H,17,19)(H2,16,18,20,21)/t10-/m0/s1. The number of amides is 4. The van der Waals surface area contributed by atoms with Crippen LogP contribution in [0.15, 0.2) is 29.2 Å². The Labute approximate surface area is 134 Å². The lowest BCUT2D eigenvalue weighted by atomic mass is 10.3. The van der Waals surface area contributed by atoms with Gasteiger partial charge in [-0.05, 0) is 45.0 Å². The first-order valence-corrected chi connectivity index (χ1v) is 7.81. The summed E-state index contributed by atoms with van der Waals surface area (Å²) in [5.41, 5.74) is 0.699. The summed E-state index contributed by atoms with van der Waals surface area (Å²) >= 11 is 1.34. The van der Waals surface area contributed by atoms with E-state index in [9.17, 15) is 14.4 Å².